The molecule has 0 atom stereocenters. The number of hydrogen-bond acceptors (Lipinski definition) is 3. The van der Waals surface area contributed by atoms with Gasteiger partial charge in [0.2, 0.25) is 0 Å². The van der Waals surface area contributed by atoms with Crippen LogP contribution in [0.3, 0.4) is 0 Å². The van der Waals surface area contributed by atoms with E-state index in [9.17, 15) is 0 Å². The van der Waals surface area contributed by atoms with Crippen LogP contribution in [0.5, 0.6) is 11.5 Å². The minimum absolute atomic E-state index is 0.349. The Morgan fingerprint density at radius 1 is 0.972 bits per heavy atom. The Balaban J connectivity index is 1.37. The maximum atomic E-state index is 6.47. The van der Waals surface area contributed by atoms with Gasteiger partial charge in [0.25, 0.3) is 0 Å². The normalized spacial score (nSPS) is 17.2. The van der Waals surface area contributed by atoms with Crippen LogP contribution in [0.1, 0.15) is 63.1 Å². The third-order valence-electron chi connectivity index (χ3n) is 7.41. The molecule has 3 nitrogen and oxygen atoms in total. The molecular formula is C33H39NO2. The molecule has 2 heterocycles. The summed E-state index contributed by atoms with van der Waals surface area (Å²) in [5.41, 5.74) is 6.13. The van der Waals surface area contributed by atoms with Gasteiger partial charge in [0.15, 0.2) is 0 Å². The van der Waals surface area contributed by atoms with Crippen molar-refractivity contribution in [3.05, 3.63) is 89.0 Å². The summed E-state index contributed by atoms with van der Waals surface area (Å²) in [6, 6.07) is 19.9. The van der Waals surface area contributed by atoms with Crippen molar-refractivity contribution < 1.29 is 9.47 Å². The van der Waals surface area contributed by atoms with Gasteiger partial charge in [-0.05, 0) is 90.4 Å². The molecule has 36 heavy (non-hydrogen) atoms. The van der Waals surface area contributed by atoms with Gasteiger partial charge in [-0.2, -0.15) is 0 Å². The number of unbranched alkanes of at least 4 members (excludes halogenated alkanes) is 2. The van der Waals surface area contributed by atoms with Crippen LogP contribution in [0.25, 0.3) is 16.3 Å². The topological polar surface area (TPSA) is 21.7 Å². The van der Waals surface area contributed by atoms with Crippen LogP contribution in [0, 0.1) is 0 Å². The van der Waals surface area contributed by atoms with E-state index in [1.165, 1.54) is 52.3 Å². The van der Waals surface area contributed by atoms with Crippen molar-refractivity contribution in [2.75, 3.05) is 20.2 Å². The Labute approximate surface area is 216 Å². The summed E-state index contributed by atoms with van der Waals surface area (Å²) >= 11 is 0. The van der Waals surface area contributed by atoms with Gasteiger partial charge in [0.05, 0.1) is 12.7 Å². The van der Waals surface area contributed by atoms with E-state index in [1.807, 2.05) is 0 Å². The van der Waals surface area contributed by atoms with Gasteiger partial charge >= 0.3 is 0 Å². The standard InChI is InChI=1S/C33H39NO2/c1-5-6-7-10-24-20-30(35-4)32-29(22-33(2,3)36-31(32)21-24)27-15-17-34(18-16-27)23-25-13-14-26-11-8-9-12-28(26)19-25/h8-9,11-15,19-22H,5-7,10,16-18,23H2,1-4H3. The first-order chi connectivity index (χ1) is 17.5. The number of hydrogen-bond donors (Lipinski definition) is 0. The lowest BCUT2D eigenvalue weighted by atomic mass is 9.85. The van der Waals surface area contributed by atoms with E-state index in [4.69, 9.17) is 9.47 Å². The van der Waals surface area contributed by atoms with Gasteiger partial charge in [-0.25, -0.2) is 0 Å². The summed E-state index contributed by atoms with van der Waals surface area (Å²) in [7, 11) is 1.78. The van der Waals surface area contributed by atoms with E-state index < -0.39 is 0 Å². The minimum Gasteiger partial charge on any atom is -0.496 e. The molecule has 3 aromatic rings. The van der Waals surface area contributed by atoms with Crippen LogP contribution in [0.2, 0.25) is 0 Å². The molecule has 0 fully saturated rings. The van der Waals surface area contributed by atoms with Crippen LogP contribution in [-0.2, 0) is 13.0 Å². The minimum atomic E-state index is -0.349. The third-order valence-corrected chi connectivity index (χ3v) is 7.41. The highest BCUT2D eigenvalue weighted by Gasteiger charge is 2.31. The van der Waals surface area contributed by atoms with Crippen molar-refractivity contribution in [2.24, 2.45) is 0 Å². The molecule has 0 radical (unpaired) electrons. The lowest BCUT2D eigenvalue weighted by Gasteiger charge is -2.35. The summed E-state index contributed by atoms with van der Waals surface area (Å²) < 4.78 is 12.4. The molecule has 0 N–H and O–H groups in total. The maximum absolute atomic E-state index is 6.47. The maximum Gasteiger partial charge on any atom is 0.132 e. The smallest absolute Gasteiger partial charge is 0.132 e. The van der Waals surface area contributed by atoms with E-state index in [2.05, 4.69) is 92.4 Å². The van der Waals surface area contributed by atoms with E-state index in [1.54, 1.807) is 7.11 Å². The van der Waals surface area contributed by atoms with Crippen LogP contribution in [0.15, 0.2) is 72.3 Å². The van der Waals surface area contributed by atoms with Gasteiger partial charge in [0.1, 0.15) is 17.1 Å². The molecule has 188 valence electrons. The number of methoxy groups -OCH3 is 1. The average molecular weight is 482 g/mol. The van der Waals surface area contributed by atoms with E-state index in [-0.39, 0.29) is 5.60 Å². The largest absolute Gasteiger partial charge is 0.496 e. The first-order valence-electron chi connectivity index (χ1n) is 13.5. The molecule has 0 spiro atoms. The zero-order chi connectivity index (χ0) is 25.1. The Morgan fingerprint density at radius 2 is 1.81 bits per heavy atom. The number of fused-ring (bicyclic) bond motifs is 2. The quantitative estimate of drug-likeness (QED) is 0.305. The SMILES string of the molecule is CCCCCc1cc(OC)c2c(c1)OC(C)(C)C=C2C1=CCN(Cc2ccc3ccccc3c2)CC1. The van der Waals surface area contributed by atoms with Gasteiger partial charge in [-0.1, -0.05) is 62.2 Å². The predicted molar refractivity (Wildman–Crippen MR) is 151 cm³/mol. The second-order valence-electron chi connectivity index (χ2n) is 10.8. The molecule has 3 heteroatoms. The van der Waals surface area contributed by atoms with E-state index >= 15 is 0 Å². The Bertz CT molecular complexity index is 1300. The summed E-state index contributed by atoms with van der Waals surface area (Å²) in [5.74, 6) is 1.89. The highest BCUT2D eigenvalue weighted by atomic mass is 16.5. The van der Waals surface area contributed by atoms with Crippen LogP contribution < -0.4 is 9.47 Å². The molecule has 2 aliphatic heterocycles. The molecular weight excluding hydrogens is 442 g/mol. The Kier molecular flexibility index (Phi) is 7.20. The van der Waals surface area contributed by atoms with Crippen molar-refractivity contribution in [2.45, 2.75) is 65.0 Å². The summed E-state index contributed by atoms with van der Waals surface area (Å²) in [5, 5.41) is 2.62. The van der Waals surface area contributed by atoms with E-state index in [0.717, 1.165) is 49.5 Å². The van der Waals surface area contributed by atoms with Gasteiger partial charge < -0.3 is 9.47 Å². The first-order valence-corrected chi connectivity index (χ1v) is 13.5. The highest BCUT2D eigenvalue weighted by molar-refractivity contribution is 5.88. The van der Waals surface area contributed by atoms with Crippen LogP contribution in [-0.4, -0.2) is 30.7 Å². The summed E-state index contributed by atoms with van der Waals surface area (Å²) in [6.07, 6.45) is 10.5. The molecule has 0 aliphatic carbocycles. The predicted octanol–water partition coefficient (Wildman–Crippen LogP) is 7.97. The lowest BCUT2D eigenvalue weighted by molar-refractivity contribution is 0.157. The first kappa shape index (κ1) is 24.6. The van der Waals surface area contributed by atoms with Gasteiger partial charge in [-0.3, -0.25) is 4.90 Å². The molecule has 0 saturated heterocycles. The Hall–Kier alpha value is -3.04. The fraction of sp³-hybridized carbons (Fsp3) is 0.394. The van der Waals surface area contributed by atoms with Crippen LogP contribution >= 0.6 is 0 Å². The van der Waals surface area contributed by atoms with Crippen molar-refractivity contribution in [3.63, 3.8) is 0 Å². The molecule has 0 saturated carbocycles. The molecule has 0 aromatic heterocycles. The summed E-state index contributed by atoms with van der Waals surface area (Å²) in [4.78, 5) is 2.54. The number of benzene rings is 3. The lowest BCUT2D eigenvalue weighted by Crippen LogP contribution is -2.32. The van der Waals surface area contributed by atoms with Crippen molar-refractivity contribution >= 4 is 16.3 Å². The fourth-order valence-electron chi connectivity index (χ4n) is 5.56. The molecule has 0 unspecified atom stereocenters. The average Bonchev–Trinajstić information content (AvgIpc) is 2.87. The molecule has 2 aliphatic rings. The third kappa shape index (κ3) is 5.37. The zero-order valence-corrected chi connectivity index (χ0v) is 22.3. The highest BCUT2D eigenvalue weighted by Crippen LogP contribution is 2.46. The van der Waals surface area contributed by atoms with Gasteiger partial charge in [0, 0.05) is 19.6 Å². The number of allylic oxidation sites excluding steroid dienone is 1. The number of nitrogens with zero attached hydrogens (tertiary/aromatic N) is 1. The molecule has 5 rings (SSSR count). The van der Waals surface area contributed by atoms with Crippen molar-refractivity contribution in [1.82, 2.24) is 4.90 Å². The van der Waals surface area contributed by atoms with Crippen molar-refractivity contribution in [3.8, 4) is 11.5 Å². The zero-order valence-electron chi connectivity index (χ0n) is 22.3. The monoisotopic (exact) mass is 481 g/mol. The fourth-order valence-corrected chi connectivity index (χ4v) is 5.56. The number of aryl methyl sites for hydroxylation is 1. The van der Waals surface area contributed by atoms with Gasteiger partial charge in [-0.15, -0.1) is 0 Å². The number of rotatable bonds is 8. The Morgan fingerprint density at radius 3 is 2.56 bits per heavy atom. The summed E-state index contributed by atoms with van der Waals surface area (Å²) in [6.45, 7) is 9.53. The van der Waals surface area contributed by atoms with Crippen LogP contribution in [0.4, 0.5) is 0 Å². The van der Waals surface area contributed by atoms with E-state index in [0.29, 0.717) is 0 Å². The second-order valence-corrected chi connectivity index (χ2v) is 10.8. The number of ether oxygens (including phenoxy) is 2. The molecule has 3 aromatic carbocycles. The second kappa shape index (κ2) is 10.5. The molecule has 0 amide bonds. The van der Waals surface area contributed by atoms with Crippen molar-refractivity contribution in [1.29, 1.82) is 0 Å². The molecule has 0 bridgehead atoms.